The van der Waals surface area contributed by atoms with Gasteiger partial charge in [0.25, 0.3) is 0 Å². The average Bonchev–Trinajstić information content (AvgIpc) is 2.84. The minimum Gasteiger partial charge on any atom is -0.463 e. The van der Waals surface area contributed by atoms with Gasteiger partial charge in [0, 0.05) is 44.8 Å². The summed E-state index contributed by atoms with van der Waals surface area (Å²) in [5.41, 5.74) is 2.24. The van der Waals surface area contributed by atoms with Crippen LogP contribution in [0.2, 0.25) is 0 Å². The molecule has 0 radical (unpaired) electrons. The van der Waals surface area contributed by atoms with Gasteiger partial charge in [0.05, 0.1) is 12.3 Å². The highest BCUT2D eigenvalue weighted by atomic mass is 16.5. The van der Waals surface area contributed by atoms with Crippen LogP contribution >= 0.6 is 0 Å². The van der Waals surface area contributed by atoms with E-state index in [1.807, 2.05) is 18.7 Å². The zero-order chi connectivity index (χ0) is 22.6. The molecule has 1 N–H and O–H groups in total. The van der Waals surface area contributed by atoms with Crippen molar-refractivity contribution in [1.29, 1.82) is 0 Å². The van der Waals surface area contributed by atoms with Crippen LogP contribution in [0.3, 0.4) is 0 Å². The fourth-order valence-electron chi connectivity index (χ4n) is 3.90. The maximum absolute atomic E-state index is 11.9. The van der Waals surface area contributed by atoms with Crippen molar-refractivity contribution >= 4 is 11.7 Å². The molecule has 0 atom stereocenters. The van der Waals surface area contributed by atoms with E-state index in [1.165, 1.54) is 11.6 Å². The molecule has 0 spiro atoms. The number of rotatable bonds is 9. The summed E-state index contributed by atoms with van der Waals surface area (Å²) in [4.78, 5) is 27.8. The van der Waals surface area contributed by atoms with E-state index in [-0.39, 0.29) is 5.91 Å². The Kier molecular flexibility index (Phi) is 10.7. The normalized spacial score (nSPS) is 15.8. The molecular formula is C23H40N6O2. The molecule has 8 heteroatoms. The average molecular weight is 433 g/mol. The van der Waals surface area contributed by atoms with E-state index in [1.54, 1.807) is 0 Å². The minimum atomic E-state index is -0.00390. The molecule has 0 unspecified atom stereocenters. The van der Waals surface area contributed by atoms with Crippen LogP contribution in [0.5, 0.6) is 6.01 Å². The summed E-state index contributed by atoms with van der Waals surface area (Å²) >= 11 is 0. The Morgan fingerprint density at radius 1 is 1.19 bits per heavy atom. The highest BCUT2D eigenvalue weighted by Gasteiger charge is 2.26. The molecule has 3 rings (SSSR count). The topological polar surface area (TPSA) is 73.8 Å². The molecule has 8 nitrogen and oxygen atoms in total. The second kappa shape index (κ2) is 13.3. The van der Waals surface area contributed by atoms with Gasteiger partial charge in [-0.05, 0) is 38.6 Å². The quantitative estimate of drug-likeness (QED) is 0.473. The Balaban J connectivity index is 0.00000166. The second-order valence-electron chi connectivity index (χ2n) is 7.43. The predicted octanol–water partition coefficient (Wildman–Crippen LogP) is 2.09. The molecule has 3 heterocycles. The summed E-state index contributed by atoms with van der Waals surface area (Å²) < 4.78 is 5.94. The van der Waals surface area contributed by atoms with Crippen LogP contribution in [0.25, 0.3) is 0 Å². The summed E-state index contributed by atoms with van der Waals surface area (Å²) in [5, 5.41) is 3.39. The fraction of sp³-hybridized carbons (Fsp3) is 0.696. The van der Waals surface area contributed by atoms with E-state index in [9.17, 15) is 4.79 Å². The van der Waals surface area contributed by atoms with Gasteiger partial charge in [-0.2, -0.15) is 9.97 Å². The maximum atomic E-state index is 11.9. The Labute approximate surface area is 187 Å². The third kappa shape index (κ3) is 6.90. The zero-order valence-electron chi connectivity index (χ0n) is 19.8. The highest BCUT2D eigenvalue weighted by Crippen LogP contribution is 2.27. The molecule has 0 saturated carbocycles. The molecule has 1 saturated heterocycles. The molecule has 1 aromatic rings. The standard InChI is InChI=1S/C21H34N6O2.C2H6/c1-4-19(28)26-11-13-27(14-12-26)20-17-8-9-22-16-18(17)23-21(24-20)29-15-7-10-25(5-2)6-3;1-2/h4,22H,1,5-16H2,2-3H3;1-2H3. The first kappa shape index (κ1) is 25.1. The third-order valence-corrected chi connectivity index (χ3v) is 5.70. The summed E-state index contributed by atoms with van der Waals surface area (Å²) in [6, 6.07) is 0.464. The van der Waals surface area contributed by atoms with Crippen molar-refractivity contribution < 1.29 is 9.53 Å². The van der Waals surface area contributed by atoms with Gasteiger partial charge in [0.15, 0.2) is 0 Å². The number of hydrogen-bond donors (Lipinski definition) is 1. The number of amides is 1. The number of ether oxygens (including phenoxy) is 1. The largest absolute Gasteiger partial charge is 0.463 e. The minimum absolute atomic E-state index is 0.00390. The Morgan fingerprint density at radius 3 is 2.55 bits per heavy atom. The number of piperazine rings is 1. The molecule has 1 amide bonds. The smallest absolute Gasteiger partial charge is 0.318 e. The molecule has 1 aromatic heterocycles. The van der Waals surface area contributed by atoms with E-state index in [0.717, 1.165) is 70.2 Å². The van der Waals surface area contributed by atoms with Gasteiger partial charge in [-0.1, -0.05) is 34.3 Å². The van der Waals surface area contributed by atoms with Crippen LogP contribution in [0.15, 0.2) is 12.7 Å². The lowest BCUT2D eigenvalue weighted by Gasteiger charge is -2.36. The van der Waals surface area contributed by atoms with Gasteiger partial charge in [0.1, 0.15) is 5.82 Å². The van der Waals surface area contributed by atoms with Crippen LogP contribution in [-0.4, -0.2) is 84.6 Å². The fourth-order valence-corrected chi connectivity index (χ4v) is 3.90. The number of fused-ring (bicyclic) bond motifs is 1. The number of hydrogen-bond acceptors (Lipinski definition) is 7. The maximum Gasteiger partial charge on any atom is 0.318 e. The first-order valence-corrected chi connectivity index (χ1v) is 11.8. The molecule has 0 aromatic carbocycles. The van der Waals surface area contributed by atoms with Crippen molar-refractivity contribution in [2.75, 3.05) is 63.9 Å². The Hall–Kier alpha value is -2.19. The van der Waals surface area contributed by atoms with Crippen molar-refractivity contribution in [2.45, 2.75) is 47.1 Å². The number of nitrogens with zero attached hydrogens (tertiary/aromatic N) is 5. The Bertz CT molecular complexity index is 700. The van der Waals surface area contributed by atoms with Gasteiger partial charge < -0.3 is 24.8 Å². The van der Waals surface area contributed by atoms with Crippen LogP contribution in [0.4, 0.5) is 5.82 Å². The van der Waals surface area contributed by atoms with E-state index < -0.39 is 0 Å². The summed E-state index contributed by atoms with van der Waals surface area (Å²) in [7, 11) is 0. The highest BCUT2D eigenvalue weighted by molar-refractivity contribution is 5.87. The van der Waals surface area contributed by atoms with Crippen LogP contribution in [0.1, 0.15) is 45.4 Å². The van der Waals surface area contributed by atoms with Crippen molar-refractivity contribution in [3.63, 3.8) is 0 Å². The number of nitrogens with one attached hydrogen (secondary N) is 1. The summed E-state index contributed by atoms with van der Waals surface area (Å²) in [5.74, 6) is 0.969. The Morgan fingerprint density at radius 2 is 1.90 bits per heavy atom. The molecule has 2 aliphatic rings. The van der Waals surface area contributed by atoms with Crippen LogP contribution in [-0.2, 0) is 17.8 Å². The lowest BCUT2D eigenvalue weighted by atomic mass is 10.1. The second-order valence-corrected chi connectivity index (χ2v) is 7.43. The molecule has 0 bridgehead atoms. The molecule has 2 aliphatic heterocycles. The number of anilines is 1. The lowest BCUT2D eigenvalue weighted by Crippen LogP contribution is -2.49. The molecule has 174 valence electrons. The van der Waals surface area contributed by atoms with Gasteiger partial charge >= 0.3 is 6.01 Å². The van der Waals surface area contributed by atoms with Crippen molar-refractivity contribution in [3.8, 4) is 6.01 Å². The third-order valence-electron chi connectivity index (χ3n) is 5.70. The van der Waals surface area contributed by atoms with Crippen LogP contribution < -0.4 is 15.0 Å². The number of carbonyl (C=O) groups is 1. The van der Waals surface area contributed by atoms with Gasteiger partial charge in [-0.3, -0.25) is 4.79 Å². The molecule has 31 heavy (non-hydrogen) atoms. The lowest BCUT2D eigenvalue weighted by molar-refractivity contribution is -0.126. The van der Waals surface area contributed by atoms with E-state index in [4.69, 9.17) is 9.72 Å². The number of carbonyl (C=O) groups excluding carboxylic acids is 1. The first-order chi connectivity index (χ1) is 15.2. The van der Waals surface area contributed by atoms with E-state index >= 15 is 0 Å². The summed E-state index contributed by atoms with van der Waals surface area (Å²) in [6.45, 7) is 20.3. The van der Waals surface area contributed by atoms with Crippen molar-refractivity contribution in [2.24, 2.45) is 0 Å². The molecule has 0 aliphatic carbocycles. The summed E-state index contributed by atoms with van der Waals surface area (Å²) in [6.07, 6.45) is 3.26. The van der Waals surface area contributed by atoms with E-state index in [2.05, 4.69) is 40.5 Å². The van der Waals surface area contributed by atoms with E-state index in [0.29, 0.717) is 25.7 Å². The van der Waals surface area contributed by atoms with Gasteiger partial charge in [-0.15, -0.1) is 0 Å². The van der Waals surface area contributed by atoms with Crippen molar-refractivity contribution in [3.05, 3.63) is 23.9 Å². The first-order valence-electron chi connectivity index (χ1n) is 11.8. The number of aromatic nitrogens is 2. The predicted molar refractivity (Wildman–Crippen MR) is 126 cm³/mol. The SMILES string of the molecule is C=CC(=O)N1CCN(c2nc(OCCCN(CC)CC)nc3c2CCNC3)CC1.CC. The van der Waals surface area contributed by atoms with Gasteiger partial charge in [0.2, 0.25) is 5.91 Å². The molecule has 1 fully saturated rings. The van der Waals surface area contributed by atoms with Crippen molar-refractivity contribution in [1.82, 2.24) is 25.1 Å². The monoisotopic (exact) mass is 432 g/mol. The molecular weight excluding hydrogens is 392 g/mol. The van der Waals surface area contributed by atoms with Gasteiger partial charge in [-0.25, -0.2) is 0 Å². The van der Waals surface area contributed by atoms with Crippen LogP contribution in [0, 0.1) is 0 Å². The zero-order valence-corrected chi connectivity index (χ0v) is 19.8.